The van der Waals surface area contributed by atoms with E-state index in [1.165, 1.54) is 12.0 Å². The van der Waals surface area contributed by atoms with E-state index < -0.39 is 6.04 Å². The van der Waals surface area contributed by atoms with Gasteiger partial charge in [0.2, 0.25) is 0 Å². The number of esters is 1. The van der Waals surface area contributed by atoms with E-state index in [2.05, 4.69) is 17.3 Å². The van der Waals surface area contributed by atoms with Crippen LogP contribution in [0, 0.1) is 0 Å². The number of hydrogen-bond donors (Lipinski definition) is 1. The summed E-state index contributed by atoms with van der Waals surface area (Å²) in [5.41, 5.74) is 0.835. The summed E-state index contributed by atoms with van der Waals surface area (Å²) in [7, 11) is 1.40. The molecule has 0 aromatic carbocycles. The van der Waals surface area contributed by atoms with Crippen molar-refractivity contribution in [2.75, 3.05) is 7.11 Å². The number of carbonyl (C=O) groups excluding carboxylic acids is 1. The molecule has 0 radical (unpaired) electrons. The zero-order valence-electron chi connectivity index (χ0n) is 11.7. The number of rotatable bonds is 7. The molecule has 108 valence electrons. The predicted octanol–water partition coefficient (Wildman–Crippen LogP) is 2.36. The Morgan fingerprint density at radius 3 is 3.10 bits per heavy atom. The van der Waals surface area contributed by atoms with Crippen molar-refractivity contribution >= 4 is 17.3 Å². The number of thiophene rings is 1. The van der Waals surface area contributed by atoms with Crippen LogP contribution in [-0.4, -0.2) is 22.9 Å². The van der Waals surface area contributed by atoms with Gasteiger partial charge in [-0.05, 0) is 17.9 Å². The number of carbonyl (C=O) groups is 1. The van der Waals surface area contributed by atoms with Gasteiger partial charge in [0.15, 0.2) is 0 Å². The third-order valence-electron chi connectivity index (χ3n) is 2.94. The van der Waals surface area contributed by atoms with E-state index in [0.29, 0.717) is 6.54 Å². The lowest BCUT2D eigenvalue weighted by Gasteiger charge is -2.14. The fraction of sp³-hybridized carbons (Fsp3) is 0.429. The van der Waals surface area contributed by atoms with Gasteiger partial charge in [-0.3, -0.25) is 10.00 Å². The van der Waals surface area contributed by atoms with Crippen LogP contribution in [0.15, 0.2) is 29.9 Å². The zero-order valence-corrected chi connectivity index (χ0v) is 12.5. The Balaban J connectivity index is 2.07. The predicted molar refractivity (Wildman–Crippen MR) is 78.4 cm³/mol. The summed E-state index contributed by atoms with van der Waals surface area (Å²) < 4.78 is 6.72. The molecule has 0 aliphatic carbocycles. The lowest BCUT2D eigenvalue weighted by Crippen LogP contribution is -2.28. The van der Waals surface area contributed by atoms with Gasteiger partial charge in [0, 0.05) is 29.7 Å². The summed E-state index contributed by atoms with van der Waals surface area (Å²) in [6.07, 6.45) is 4.62. The molecule has 0 aliphatic heterocycles. The van der Waals surface area contributed by atoms with E-state index in [9.17, 15) is 4.79 Å². The highest BCUT2D eigenvalue weighted by atomic mass is 32.1. The number of nitrogens with one attached hydrogen (secondary N) is 1. The van der Waals surface area contributed by atoms with Gasteiger partial charge in [0.05, 0.1) is 13.3 Å². The average Bonchev–Trinajstić information content (AvgIpc) is 3.11. The van der Waals surface area contributed by atoms with Gasteiger partial charge in [-0.15, -0.1) is 11.3 Å². The van der Waals surface area contributed by atoms with E-state index in [0.717, 1.165) is 18.5 Å². The van der Waals surface area contributed by atoms with Crippen LogP contribution in [0.4, 0.5) is 0 Å². The van der Waals surface area contributed by atoms with Gasteiger partial charge in [-0.2, -0.15) is 5.10 Å². The SMILES string of the molecule is CCCn1cc(C(NCc2cccs2)C(=O)OC)cn1. The van der Waals surface area contributed by atoms with Crippen LogP contribution in [0.25, 0.3) is 0 Å². The number of nitrogens with zero attached hydrogens (tertiary/aromatic N) is 2. The topological polar surface area (TPSA) is 56.2 Å². The molecule has 1 atom stereocenters. The molecule has 2 heterocycles. The average molecular weight is 293 g/mol. The van der Waals surface area contributed by atoms with Crippen LogP contribution in [0.3, 0.4) is 0 Å². The van der Waals surface area contributed by atoms with Crippen molar-refractivity contribution in [1.82, 2.24) is 15.1 Å². The Labute approximate surface area is 122 Å². The zero-order chi connectivity index (χ0) is 14.4. The number of hydrogen-bond acceptors (Lipinski definition) is 5. The van der Waals surface area contributed by atoms with Crippen molar-refractivity contribution < 1.29 is 9.53 Å². The number of ether oxygens (including phenoxy) is 1. The van der Waals surface area contributed by atoms with Crippen molar-refractivity contribution in [2.45, 2.75) is 32.5 Å². The molecule has 1 unspecified atom stereocenters. The molecule has 0 saturated heterocycles. The van der Waals surface area contributed by atoms with Crippen molar-refractivity contribution in [2.24, 2.45) is 0 Å². The molecular weight excluding hydrogens is 274 g/mol. The third kappa shape index (κ3) is 3.68. The normalized spacial score (nSPS) is 12.3. The fourth-order valence-corrected chi connectivity index (χ4v) is 2.61. The highest BCUT2D eigenvalue weighted by Crippen LogP contribution is 2.16. The van der Waals surface area contributed by atoms with Gasteiger partial charge in [0.1, 0.15) is 6.04 Å². The van der Waals surface area contributed by atoms with Gasteiger partial charge >= 0.3 is 5.97 Å². The summed E-state index contributed by atoms with van der Waals surface area (Å²) in [5.74, 6) is -0.294. The number of aryl methyl sites for hydroxylation is 1. The highest BCUT2D eigenvalue weighted by Gasteiger charge is 2.22. The highest BCUT2D eigenvalue weighted by molar-refractivity contribution is 7.09. The summed E-state index contributed by atoms with van der Waals surface area (Å²) in [6, 6.07) is 3.55. The van der Waals surface area contributed by atoms with Crippen LogP contribution in [0.2, 0.25) is 0 Å². The first kappa shape index (κ1) is 14.7. The Morgan fingerprint density at radius 1 is 1.60 bits per heavy atom. The first-order valence-corrected chi connectivity index (χ1v) is 7.48. The van der Waals surface area contributed by atoms with E-state index in [1.807, 2.05) is 28.4 Å². The molecular formula is C14H19N3O2S. The van der Waals surface area contributed by atoms with Gasteiger partial charge in [0.25, 0.3) is 0 Å². The van der Waals surface area contributed by atoms with Crippen LogP contribution >= 0.6 is 11.3 Å². The van der Waals surface area contributed by atoms with Crippen LogP contribution < -0.4 is 5.32 Å². The van der Waals surface area contributed by atoms with Crippen LogP contribution in [0.5, 0.6) is 0 Å². The van der Waals surface area contributed by atoms with E-state index in [-0.39, 0.29) is 5.97 Å². The van der Waals surface area contributed by atoms with E-state index >= 15 is 0 Å². The fourth-order valence-electron chi connectivity index (χ4n) is 1.95. The molecule has 0 spiro atoms. The Hall–Kier alpha value is -1.66. The lowest BCUT2D eigenvalue weighted by molar-refractivity contribution is -0.143. The van der Waals surface area contributed by atoms with E-state index in [1.54, 1.807) is 17.5 Å². The maximum Gasteiger partial charge on any atom is 0.327 e. The monoisotopic (exact) mass is 293 g/mol. The molecule has 0 aliphatic rings. The third-order valence-corrected chi connectivity index (χ3v) is 3.81. The Bertz CT molecular complexity index is 536. The Kier molecular flexibility index (Phi) is 5.31. The largest absolute Gasteiger partial charge is 0.468 e. The minimum atomic E-state index is -0.479. The van der Waals surface area contributed by atoms with Gasteiger partial charge in [-0.25, -0.2) is 4.79 Å². The molecule has 2 rings (SSSR count). The minimum absolute atomic E-state index is 0.294. The molecule has 6 heteroatoms. The molecule has 0 fully saturated rings. The molecule has 20 heavy (non-hydrogen) atoms. The van der Waals surface area contributed by atoms with Gasteiger partial charge in [-0.1, -0.05) is 13.0 Å². The molecule has 0 saturated carbocycles. The van der Waals surface area contributed by atoms with Crippen molar-refractivity contribution in [3.63, 3.8) is 0 Å². The minimum Gasteiger partial charge on any atom is -0.468 e. The lowest BCUT2D eigenvalue weighted by atomic mass is 10.1. The van der Waals surface area contributed by atoms with Crippen molar-refractivity contribution in [3.8, 4) is 0 Å². The molecule has 5 nitrogen and oxygen atoms in total. The molecule has 2 aromatic heterocycles. The van der Waals surface area contributed by atoms with E-state index in [4.69, 9.17) is 4.74 Å². The molecule has 1 N–H and O–H groups in total. The standard InChI is InChI=1S/C14H19N3O2S/c1-3-6-17-10-11(8-16-17)13(14(18)19-2)15-9-12-5-4-7-20-12/h4-5,7-8,10,13,15H,3,6,9H2,1-2H3. The second kappa shape index (κ2) is 7.21. The quantitative estimate of drug-likeness (QED) is 0.796. The summed E-state index contributed by atoms with van der Waals surface area (Å²) in [4.78, 5) is 13.1. The Morgan fingerprint density at radius 2 is 2.45 bits per heavy atom. The smallest absolute Gasteiger partial charge is 0.327 e. The second-order valence-corrected chi connectivity index (χ2v) is 5.49. The molecule has 2 aromatic rings. The van der Waals surface area contributed by atoms with Crippen molar-refractivity contribution in [3.05, 3.63) is 40.3 Å². The first-order valence-electron chi connectivity index (χ1n) is 6.60. The van der Waals surface area contributed by atoms with Crippen LogP contribution in [-0.2, 0) is 22.6 Å². The van der Waals surface area contributed by atoms with Crippen molar-refractivity contribution in [1.29, 1.82) is 0 Å². The number of methoxy groups -OCH3 is 1. The van der Waals surface area contributed by atoms with Gasteiger partial charge < -0.3 is 4.74 Å². The maximum absolute atomic E-state index is 11.9. The molecule has 0 amide bonds. The second-order valence-electron chi connectivity index (χ2n) is 4.45. The maximum atomic E-state index is 11.9. The molecule has 0 bridgehead atoms. The number of aromatic nitrogens is 2. The van der Waals surface area contributed by atoms with Crippen LogP contribution in [0.1, 0.15) is 29.8 Å². The summed E-state index contributed by atoms with van der Waals surface area (Å²) >= 11 is 1.66. The summed E-state index contributed by atoms with van der Waals surface area (Å²) in [5, 5.41) is 9.50. The first-order chi connectivity index (χ1) is 9.74. The summed E-state index contributed by atoms with van der Waals surface area (Å²) in [6.45, 7) is 3.57.